The molecule has 0 radical (unpaired) electrons. The van der Waals surface area contributed by atoms with Gasteiger partial charge in [-0.05, 0) is 23.3 Å². The minimum atomic E-state index is -4.41. The van der Waals surface area contributed by atoms with Crippen molar-refractivity contribution in [2.45, 2.75) is 19.3 Å². The lowest BCUT2D eigenvalue weighted by Gasteiger charge is -2.11. The highest BCUT2D eigenvalue weighted by atomic mass is 19.4. The molecule has 21 heavy (non-hydrogen) atoms. The number of hydrogen-bond acceptors (Lipinski definition) is 3. The van der Waals surface area contributed by atoms with Crippen LogP contribution in [0.25, 0.3) is 0 Å². The normalized spacial score (nSPS) is 11.4. The van der Waals surface area contributed by atoms with Crippen LogP contribution in [0.15, 0.2) is 42.6 Å². The van der Waals surface area contributed by atoms with Gasteiger partial charge in [-0.25, -0.2) is 4.98 Å². The summed E-state index contributed by atoms with van der Waals surface area (Å²) in [7, 11) is 1.62. The molecule has 2 rings (SSSR count). The monoisotopic (exact) mass is 296 g/mol. The van der Waals surface area contributed by atoms with Gasteiger partial charge in [-0.2, -0.15) is 13.2 Å². The van der Waals surface area contributed by atoms with Crippen LogP contribution in [0.5, 0.6) is 0 Å². The highest BCUT2D eigenvalue weighted by molar-refractivity contribution is 5.43. The van der Waals surface area contributed by atoms with Crippen molar-refractivity contribution >= 4 is 5.69 Å². The summed E-state index contributed by atoms with van der Waals surface area (Å²) in [6, 6.07) is 10.0. The number of alkyl halides is 3. The molecule has 6 heteroatoms. The van der Waals surface area contributed by atoms with E-state index < -0.39 is 11.9 Å². The Morgan fingerprint density at radius 1 is 1.10 bits per heavy atom. The van der Waals surface area contributed by atoms with Gasteiger partial charge < -0.3 is 10.1 Å². The Morgan fingerprint density at radius 3 is 2.38 bits per heavy atom. The fourth-order valence-corrected chi connectivity index (χ4v) is 1.89. The summed E-state index contributed by atoms with van der Waals surface area (Å²) < 4.78 is 42.3. The Morgan fingerprint density at radius 2 is 1.81 bits per heavy atom. The van der Waals surface area contributed by atoms with Crippen molar-refractivity contribution in [1.29, 1.82) is 0 Å². The van der Waals surface area contributed by atoms with Gasteiger partial charge in [0, 0.05) is 13.7 Å². The number of hydrogen-bond donors (Lipinski definition) is 1. The number of nitrogens with one attached hydrogen (secondary N) is 1. The molecule has 2 aromatic rings. The molecule has 1 N–H and O–H groups in total. The standard InChI is InChI=1S/C15H15F3N2O/c1-21-10-12-5-3-2-4-11(12)8-19-13-6-7-14(20-9-13)15(16,17)18/h2-7,9,19H,8,10H2,1H3. The minimum absolute atomic E-state index is 0.489. The van der Waals surface area contributed by atoms with E-state index in [1.807, 2.05) is 24.3 Å². The highest BCUT2D eigenvalue weighted by Gasteiger charge is 2.31. The van der Waals surface area contributed by atoms with E-state index in [-0.39, 0.29) is 0 Å². The number of benzene rings is 1. The van der Waals surface area contributed by atoms with E-state index in [9.17, 15) is 13.2 Å². The van der Waals surface area contributed by atoms with Crippen molar-refractivity contribution in [3.63, 3.8) is 0 Å². The first-order valence-corrected chi connectivity index (χ1v) is 6.33. The first kappa shape index (κ1) is 15.3. The molecule has 1 heterocycles. The topological polar surface area (TPSA) is 34.1 Å². The summed E-state index contributed by atoms with van der Waals surface area (Å²) in [6.07, 6.45) is -3.23. The summed E-state index contributed by atoms with van der Waals surface area (Å²) in [5, 5.41) is 3.05. The second-order valence-electron chi connectivity index (χ2n) is 4.49. The van der Waals surface area contributed by atoms with Crippen molar-refractivity contribution in [2.75, 3.05) is 12.4 Å². The van der Waals surface area contributed by atoms with Gasteiger partial charge in [0.1, 0.15) is 5.69 Å². The van der Waals surface area contributed by atoms with Crippen molar-refractivity contribution in [3.8, 4) is 0 Å². The third-order valence-corrected chi connectivity index (χ3v) is 2.96. The van der Waals surface area contributed by atoms with Crippen LogP contribution in [0, 0.1) is 0 Å². The third-order valence-electron chi connectivity index (χ3n) is 2.96. The molecule has 0 saturated carbocycles. The van der Waals surface area contributed by atoms with E-state index in [1.165, 1.54) is 12.3 Å². The highest BCUT2D eigenvalue weighted by Crippen LogP contribution is 2.27. The molecule has 0 bridgehead atoms. The van der Waals surface area contributed by atoms with Crippen molar-refractivity contribution in [3.05, 3.63) is 59.4 Å². The third kappa shape index (κ3) is 4.19. The molecule has 0 atom stereocenters. The van der Waals surface area contributed by atoms with Crippen molar-refractivity contribution in [2.24, 2.45) is 0 Å². The Labute approximate surface area is 120 Å². The molecule has 0 unspecified atom stereocenters. The first-order chi connectivity index (χ1) is 10.0. The second-order valence-corrected chi connectivity index (χ2v) is 4.49. The number of anilines is 1. The summed E-state index contributed by atoms with van der Waals surface area (Å²) in [4.78, 5) is 3.41. The zero-order valence-corrected chi connectivity index (χ0v) is 11.4. The van der Waals surface area contributed by atoms with Gasteiger partial charge in [0.2, 0.25) is 0 Å². The van der Waals surface area contributed by atoms with E-state index >= 15 is 0 Å². The van der Waals surface area contributed by atoms with Crippen molar-refractivity contribution in [1.82, 2.24) is 4.98 Å². The first-order valence-electron chi connectivity index (χ1n) is 6.33. The molecule has 0 aliphatic carbocycles. The molecule has 1 aromatic carbocycles. The van der Waals surface area contributed by atoms with Crippen LogP contribution in [0.1, 0.15) is 16.8 Å². The largest absolute Gasteiger partial charge is 0.433 e. The Bertz CT molecular complexity index is 582. The maximum Gasteiger partial charge on any atom is 0.433 e. The predicted octanol–water partition coefficient (Wildman–Crippen LogP) is 3.86. The number of pyridine rings is 1. The molecule has 0 saturated heterocycles. The molecular weight excluding hydrogens is 281 g/mol. The molecule has 0 aliphatic heterocycles. The minimum Gasteiger partial charge on any atom is -0.380 e. The average Bonchev–Trinajstić information content (AvgIpc) is 2.46. The van der Waals surface area contributed by atoms with Crippen LogP contribution in [-0.2, 0) is 24.1 Å². The number of methoxy groups -OCH3 is 1. The fraction of sp³-hybridized carbons (Fsp3) is 0.267. The summed E-state index contributed by atoms with van der Waals surface area (Å²) in [5.41, 5.74) is 1.70. The molecule has 0 aliphatic rings. The van der Waals surface area contributed by atoms with Crippen LogP contribution >= 0.6 is 0 Å². The Kier molecular flexibility index (Phi) is 4.80. The smallest absolute Gasteiger partial charge is 0.380 e. The quantitative estimate of drug-likeness (QED) is 0.909. The lowest BCUT2D eigenvalue weighted by atomic mass is 10.1. The number of nitrogens with zero attached hydrogens (tertiary/aromatic N) is 1. The number of aromatic nitrogens is 1. The number of rotatable bonds is 5. The van der Waals surface area contributed by atoms with Crippen LogP contribution < -0.4 is 5.32 Å². The van der Waals surface area contributed by atoms with E-state index in [4.69, 9.17) is 4.74 Å². The fourth-order valence-electron chi connectivity index (χ4n) is 1.89. The maximum absolute atomic E-state index is 12.4. The van der Waals surface area contributed by atoms with E-state index in [0.29, 0.717) is 18.8 Å². The molecule has 1 aromatic heterocycles. The number of ether oxygens (including phenoxy) is 1. The Hall–Kier alpha value is -2.08. The molecule has 0 spiro atoms. The molecule has 0 amide bonds. The van der Waals surface area contributed by atoms with Gasteiger partial charge in [0.05, 0.1) is 18.5 Å². The van der Waals surface area contributed by atoms with Gasteiger partial charge in [0.25, 0.3) is 0 Å². The predicted molar refractivity (Wildman–Crippen MR) is 73.7 cm³/mol. The van der Waals surface area contributed by atoms with Gasteiger partial charge in [-0.15, -0.1) is 0 Å². The second kappa shape index (κ2) is 6.58. The molecule has 0 fully saturated rings. The van der Waals surface area contributed by atoms with Crippen LogP contribution in [0.2, 0.25) is 0 Å². The maximum atomic E-state index is 12.4. The SMILES string of the molecule is COCc1ccccc1CNc1ccc(C(F)(F)F)nc1. The zero-order valence-electron chi connectivity index (χ0n) is 11.4. The zero-order chi connectivity index (χ0) is 15.3. The molecule has 3 nitrogen and oxygen atoms in total. The summed E-state index contributed by atoms with van der Waals surface area (Å²) >= 11 is 0. The van der Waals surface area contributed by atoms with Gasteiger partial charge in [0.15, 0.2) is 0 Å². The van der Waals surface area contributed by atoms with Crippen LogP contribution in [-0.4, -0.2) is 12.1 Å². The van der Waals surface area contributed by atoms with E-state index in [2.05, 4.69) is 10.3 Å². The Balaban J connectivity index is 2.03. The average molecular weight is 296 g/mol. The van der Waals surface area contributed by atoms with E-state index in [0.717, 1.165) is 17.2 Å². The van der Waals surface area contributed by atoms with Gasteiger partial charge in [-0.1, -0.05) is 24.3 Å². The van der Waals surface area contributed by atoms with Crippen LogP contribution in [0.4, 0.5) is 18.9 Å². The van der Waals surface area contributed by atoms with E-state index in [1.54, 1.807) is 7.11 Å². The number of halogens is 3. The summed E-state index contributed by atoms with van der Waals surface area (Å²) in [6.45, 7) is 0.982. The van der Waals surface area contributed by atoms with Gasteiger partial charge in [-0.3, -0.25) is 0 Å². The lowest BCUT2D eigenvalue weighted by molar-refractivity contribution is -0.141. The van der Waals surface area contributed by atoms with Gasteiger partial charge >= 0.3 is 6.18 Å². The van der Waals surface area contributed by atoms with Crippen molar-refractivity contribution < 1.29 is 17.9 Å². The lowest BCUT2D eigenvalue weighted by Crippen LogP contribution is -2.08. The molecule has 112 valence electrons. The molecular formula is C15H15F3N2O. The summed E-state index contributed by atoms with van der Waals surface area (Å²) in [5.74, 6) is 0. The van der Waals surface area contributed by atoms with Crippen LogP contribution in [0.3, 0.4) is 0 Å².